The number of nitriles is 1. The third-order valence-corrected chi connectivity index (χ3v) is 3.34. The predicted molar refractivity (Wildman–Crippen MR) is 75.6 cm³/mol. The zero-order valence-electron chi connectivity index (χ0n) is 12.5. The van der Waals surface area contributed by atoms with Crippen molar-refractivity contribution in [3.8, 4) is 6.07 Å². The average molecular weight is 276 g/mol. The summed E-state index contributed by atoms with van der Waals surface area (Å²) < 4.78 is 19.4. The molecule has 1 aromatic rings. The van der Waals surface area contributed by atoms with Crippen LogP contribution in [0, 0.1) is 17.1 Å². The van der Waals surface area contributed by atoms with Crippen LogP contribution in [0.3, 0.4) is 0 Å². The third kappa shape index (κ3) is 3.56. The fourth-order valence-corrected chi connectivity index (χ4v) is 3.10. The van der Waals surface area contributed by atoms with Gasteiger partial charge in [-0.15, -0.1) is 0 Å². The summed E-state index contributed by atoms with van der Waals surface area (Å²) in [6, 6.07) is 6.45. The molecular formula is C16H21FN2O. The molecule has 1 aliphatic heterocycles. The first-order valence-electron chi connectivity index (χ1n) is 6.82. The van der Waals surface area contributed by atoms with E-state index in [1.165, 1.54) is 12.1 Å². The zero-order chi connectivity index (χ0) is 15.0. The Morgan fingerprint density at radius 1 is 1.25 bits per heavy atom. The van der Waals surface area contributed by atoms with Crippen molar-refractivity contribution in [3.05, 3.63) is 35.1 Å². The lowest BCUT2D eigenvalue weighted by Crippen LogP contribution is -2.56. The Hall–Kier alpha value is -1.44. The molecule has 0 aliphatic carbocycles. The van der Waals surface area contributed by atoms with Crippen LogP contribution in [0.1, 0.15) is 38.8 Å². The van der Waals surface area contributed by atoms with Gasteiger partial charge in [0, 0.05) is 19.6 Å². The summed E-state index contributed by atoms with van der Waals surface area (Å²) in [6.45, 7) is 10.3. The molecular weight excluding hydrogens is 255 g/mol. The first-order valence-corrected chi connectivity index (χ1v) is 6.82. The van der Waals surface area contributed by atoms with Gasteiger partial charge in [0.2, 0.25) is 0 Å². The molecule has 1 aromatic carbocycles. The second kappa shape index (κ2) is 5.16. The third-order valence-electron chi connectivity index (χ3n) is 3.34. The van der Waals surface area contributed by atoms with Gasteiger partial charge in [-0.1, -0.05) is 0 Å². The van der Waals surface area contributed by atoms with Gasteiger partial charge >= 0.3 is 0 Å². The summed E-state index contributed by atoms with van der Waals surface area (Å²) in [7, 11) is 0. The lowest BCUT2D eigenvalue weighted by Gasteiger charge is -2.47. The number of halogens is 1. The highest BCUT2D eigenvalue weighted by Gasteiger charge is 2.38. The second-order valence-corrected chi connectivity index (χ2v) is 6.68. The smallest absolute Gasteiger partial charge is 0.123 e. The minimum atomic E-state index is -0.300. The van der Waals surface area contributed by atoms with E-state index in [9.17, 15) is 4.39 Å². The highest BCUT2D eigenvalue weighted by atomic mass is 19.1. The first-order chi connectivity index (χ1) is 9.21. The van der Waals surface area contributed by atoms with Crippen LogP contribution in [-0.4, -0.2) is 29.2 Å². The molecule has 2 rings (SSSR count). The van der Waals surface area contributed by atoms with E-state index in [4.69, 9.17) is 10.00 Å². The topological polar surface area (TPSA) is 36.3 Å². The van der Waals surface area contributed by atoms with Crippen LogP contribution in [0.5, 0.6) is 0 Å². The van der Waals surface area contributed by atoms with Gasteiger partial charge in [-0.25, -0.2) is 4.39 Å². The molecule has 0 aromatic heterocycles. The van der Waals surface area contributed by atoms with Crippen molar-refractivity contribution >= 4 is 0 Å². The number of benzene rings is 1. The van der Waals surface area contributed by atoms with Crippen molar-refractivity contribution in [1.29, 1.82) is 5.26 Å². The van der Waals surface area contributed by atoms with E-state index >= 15 is 0 Å². The van der Waals surface area contributed by atoms with Crippen molar-refractivity contribution < 1.29 is 9.13 Å². The Kier molecular flexibility index (Phi) is 3.86. The van der Waals surface area contributed by atoms with Gasteiger partial charge in [0.25, 0.3) is 0 Å². The Morgan fingerprint density at radius 3 is 2.40 bits per heavy atom. The standard InChI is InChI=1S/C16H21FN2O/c1-15(2)10-19(11-16(3,4)20-15)9-13-7-14(17)6-5-12(13)8-18/h5-7H,9-11H2,1-4H3. The highest BCUT2D eigenvalue weighted by molar-refractivity contribution is 5.37. The molecule has 3 nitrogen and oxygen atoms in total. The second-order valence-electron chi connectivity index (χ2n) is 6.68. The lowest BCUT2D eigenvalue weighted by atomic mass is 9.97. The summed E-state index contributed by atoms with van der Waals surface area (Å²) in [4.78, 5) is 2.22. The van der Waals surface area contributed by atoms with Gasteiger partial charge in [0.05, 0.1) is 22.8 Å². The van der Waals surface area contributed by atoms with E-state index in [0.717, 1.165) is 18.7 Å². The summed E-state index contributed by atoms with van der Waals surface area (Å²) in [5, 5.41) is 9.13. The fraction of sp³-hybridized carbons (Fsp3) is 0.562. The Morgan fingerprint density at radius 2 is 1.85 bits per heavy atom. The minimum absolute atomic E-state index is 0.248. The minimum Gasteiger partial charge on any atom is -0.367 e. The molecule has 108 valence electrons. The Labute approximate surface area is 120 Å². The Bertz CT molecular complexity index is 530. The molecule has 0 amide bonds. The van der Waals surface area contributed by atoms with Crippen LogP contribution in [0.25, 0.3) is 0 Å². The predicted octanol–water partition coefficient (Wildman–Crippen LogP) is 3.09. The molecule has 0 N–H and O–H groups in total. The zero-order valence-corrected chi connectivity index (χ0v) is 12.5. The quantitative estimate of drug-likeness (QED) is 0.833. The SMILES string of the molecule is CC1(C)CN(Cc2cc(F)ccc2C#N)CC(C)(C)O1. The van der Waals surface area contributed by atoms with Crippen LogP contribution < -0.4 is 0 Å². The monoisotopic (exact) mass is 276 g/mol. The number of hydrogen-bond acceptors (Lipinski definition) is 3. The molecule has 0 saturated carbocycles. The summed E-state index contributed by atoms with van der Waals surface area (Å²) in [5.41, 5.74) is 0.776. The number of rotatable bonds is 2. The maximum Gasteiger partial charge on any atom is 0.123 e. The summed E-state index contributed by atoms with van der Waals surface area (Å²) in [5.74, 6) is -0.300. The van der Waals surface area contributed by atoms with Crippen LogP contribution >= 0.6 is 0 Å². The largest absolute Gasteiger partial charge is 0.367 e. The van der Waals surface area contributed by atoms with E-state index in [2.05, 4.69) is 38.7 Å². The van der Waals surface area contributed by atoms with Crippen molar-refractivity contribution in [1.82, 2.24) is 4.90 Å². The van der Waals surface area contributed by atoms with Gasteiger partial charge in [-0.05, 0) is 51.5 Å². The molecule has 0 atom stereocenters. The highest BCUT2D eigenvalue weighted by Crippen LogP contribution is 2.29. The van der Waals surface area contributed by atoms with Crippen molar-refractivity contribution in [3.63, 3.8) is 0 Å². The van der Waals surface area contributed by atoms with E-state index in [-0.39, 0.29) is 17.0 Å². The van der Waals surface area contributed by atoms with Crippen molar-refractivity contribution in [2.75, 3.05) is 13.1 Å². The van der Waals surface area contributed by atoms with E-state index in [1.54, 1.807) is 6.07 Å². The molecule has 0 spiro atoms. The molecule has 1 aliphatic rings. The molecule has 1 saturated heterocycles. The van der Waals surface area contributed by atoms with Gasteiger partial charge in [0.15, 0.2) is 0 Å². The lowest BCUT2D eigenvalue weighted by molar-refractivity contribution is -0.182. The molecule has 0 bridgehead atoms. The number of ether oxygens (including phenoxy) is 1. The van der Waals surface area contributed by atoms with Crippen LogP contribution in [-0.2, 0) is 11.3 Å². The number of hydrogen-bond donors (Lipinski definition) is 0. The summed E-state index contributed by atoms with van der Waals surface area (Å²) >= 11 is 0. The Balaban J connectivity index is 2.22. The number of nitrogens with zero attached hydrogens (tertiary/aromatic N) is 2. The fourth-order valence-electron chi connectivity index (χ4n) is 3.10. The molecule has 0 radical (unpaired) electrons. The van der Waals surface area contributed by atoms with Gasteiger partial charge in [-0.3, -0.25) is 4.90 Å². The van der Waals surface area contributed by atoms with Gasteiger partial charge in [0.1, 0.15) is 5.82 Å². The normalized spacial score (nSPS) is 21.4. The summed E-state index contributed by atoms with van der Waals surface area (Å²) in [6.07, 6.45) is 0. The molecule has 0 unspecified atom stereocenters. The van der Waals surface area contributed by atoms with Crippen molar-refractivity contribution in [2.45, 2.75) is 45.4 Å². The van der Waals surface area contributed by atoms with Gasteiger partial charge in [-0.2, -0.15) is 5.26 Å². The van der Waals surface area contributed by atoms with E-state index in [1.807, 2.05) is 0 Å². The van der Waals surface area contributed by atoms with Crippen LogP contribution in [0.2, 0.25) is 0 Å². The first kappa shape index (κ1) is 15.0. The van der Waals surface area contributed by atoms with E-state index < -0.39 is 0 Å². The van der Waals surface area contributed by atoms with Crippen LogP contribution in [0.4, 0.5) is 4.39 Å². The van der Waals surface area contributed by atoms with E-state index in [0.29, 0.717) is 12.1 Å². The maximum absolute atomic E-state index is 13.4. The van der Waals surface area contributed by atoms with Crippen LogP contribution in [0.15, 0.2) is 18.2 Å². The average Bonchev–Trinajstić information content (AvgIpc) is 2.24. The maximum atomic E-state index is 13.4. The van der Waals surface area contributed by atoms with Crippen molar-refractivity contribution in [2.24, 2.45) is 0 Å². The molecule has 1 heterocycles. The molecule has 4 heteroatoms. The molecule has 1 fully saturated rings. The molecule has 20 heavy (non-hydrogen) atoms. The number of morpholine rings is 1. The van der Waals surface area contributed by atoms with Gasteiger partial charge < -0.3 is 4.74 Å².